The van der Waals surface area contributed by atoms with Crippen molar-refractivity contribution in [1.82, 2.24) is 9.97 Å². The highest BCUT2D eigenvalue weighted by atomic mass is 16.5. The van der Waals surface area contributed by atoms with Crippen molar-refractivity contribution in [3.8, 4) is 5.75 Å². The van der Waals surface area contributed by atoms with Crippen molar-refractivity contribution in [1.29, 1.82) is 0 Å². The third-order valence-corrected chi connectivity index (χ3v) is 4.93. The van der Waals surface area contributed by atoms with Crippen molar-refractivity contribution in [3.63, 3.8) is 0 Å². The first kappa shape index (κ1) is 21.3. The van der Waals surface area contributed by atoms with E-state index in [1.165, 1.54) is 11.8 Å². The van der Waals surface area contributed by atoms with Crippen LogP contribution in [0.3, 0.4) is 0 Å². The van der Waals surface area contributed by atoms with Crippen LogP contribution in [0, 0.1) is 6.92 Å². The summed E-state index contributed by atoms with van der Waals surface area (Å²) in [5, 5.41) is 9.49. The molecule has 0 bridgehead atoms. The number of carboxylic acids is 1. The SMILES string of the molecule is Cc1ccccc1OCCN(C)c1ncc(C(=O)O)c(CCCc2ccccc2)n1. The maximum atomic E-state index is 11.6. The molecule has 0 saturated heterocycles. The smallest absolute Gasteiger partial charge is 0.339 e. The number of likely N-dealkylation sites (N-methyl/N-ethyl adjacent to an activating group) is 1. The normalized spacial score (nSPS) is 10.6. The van der Waals surface area contributed by atoms with Crippen LogP contribution < -0.4 is 9.64 Å². The first-order chi connectivity index (χ1) is 14.5. The molecular formula is C24H27N3O3. The molecule has 0 aliphatic rings. The van der Waals surface area contributed by atoms with Gasteiger partial charge >= 0.3 is 5.97 Å². The number of aromatic nitrogens is 2. The Bertz CT molecular complexity index is 976. The van der Waals surface area contributed by atoms with Crippen LogP contribution in [0.4, 0.5) is 5.95 Å². The molecule has 1 aromatic heterocycles. The van der Waals surface area contributed by atoms with Crippen molar-refractivity contribution < 1.29 is 14.6 Å². The summed E-state index contributed by atoms with van der Waals surface area (Å²) < 4.78 is 5.84. The van der Waals surface area contributed by atoms with Gasteiger partial charge in [0.05, 0.1) is 17.8 Å². The highest BCUT2D eigenvalue weighted by Gasteiger charge is 2.15. The fourth-order valence-corrected chi connectivity index (χ4v) is 3.18. The van der Waals surface area contributed by atoms with Crippen LogP contribution in [-0.4, -0.2) is 41.2 Å². The van der Waals surface area contributed by atoms with Crippen LogP contribution in [0.25, 0.3) is 0 Å². The number of anilines is 1. The van der Waals surface area contributed by atoms with Gasteiger partial charge in [0.15, 0.2) is 0 Å². The molecule has 3 aromatic rings. The van der Waals surface area contributed by atoms with E-state index in [4.69, 9.17) is 4.74 Å². The lowest BCUT2D eigenvalue weighted by atomic mass is 10.1. The molecule has 0 atom stereocenters. The molecule has 6 heteroatoms. The van der Waals surface area contributed by atoms with Crippen molar-refractivity contribution in [2.24, 2.45) is 0 Å². The average molecular weight is 405 g/mol. The number of hydrogen-bond acceptors (Lipinski definition) is 5. The standard InChI is InChI=1S/C24H27N3O3/c1-18-9-6-7-14-22(18)30-16-15-27(2)24-25-17-20(23(28)29)21(26-24)13-8-12-19-10-4-3-5-11-19/h3-7,9-11,14,17H,8,12-13,15-16H2,1-2H3,(H,28,29). The maximum absolute atomic E-state index is 11.6. The quantitative estimate of drug-likeness (QED) is 0.546. The summed E-state index contributed by atoms with van der Waals surface area (Å²) in [4.78, 5) is 22.3. The van der Waals surface area contributed by atoms with Crippen LogP contribution in [0.2, 0.25) is 0 Å². The zero-order chi connectivity index (χ0) is 21.3. The van der Waals surface area contributed by atoms with E-state index in [1.807, 2.05) is 61.3 Å². The largest absolute Gasteiger partial charge is 0.491 e. The molecule has 156 valence electrons. The first-order valence-corrected chi connectivity index (χ1v) is 10.1. The number of hydrogen-bond donors (Lipinski definition) is 1. The van der Waals surface area contributed by atoms with E-state index in [1.54, 1.807) is 0 Å². The number of nitrogens with zero attached hydrogens (tertiary/aromatic N) is 3. The molecule has 2 aromatic carbocycles. The predicted molar refractivity (Wildman–Crippen MR) is 117 cm³/mol. The summed E-state index contributed by atoms with van der Waals surface area (Å²) in [6.07, 6.45) is 3.68. The third kappa shape index (κ3) is 5.80. The van der Waals surface area contributed by atoms with Crippen molar-refractivity contribution >= 4 is 11.9 Å². The van der Waals surface area contributed by atoms with Gasteiger partial charge in [0.25, 0.3) is 0 Å². The highest BCUT2D eigenvalue weighted by Crippen LogP contribution is 2.17. The van der Waals surface area contributed by atoms with Gasteiger partial charge in [0, 0.05) is 13.2 Å². The second kappa shape index (κ2) is 10.4. The van der Waals surface area contributed by atoms with E-state index in [0.29, 0.717) is 31.2 Å². The van der Waals surface area contributed by atoms with Gasteiger partial charge < -0.3 is 14.7 Å². The third-order valence-electron chi connectivity index (χ3n) is 4.93. The maximum Gasteiger partial charge on any atom is 0.339 e. The molecule has 0 aliphatic heterocycles. The second-order valence-corrected chi connectivity index (χ2v) is 7.21. The van der Waals surface area contributed by atoms with Crippen molar-refractivity contribution in [3.05, 3.63) is 83.2 Å². The monoisotopic (exact) mass is 405 g/mol. The van der Waals surface area contributed by atoms with Crippen molar-refractivity contribution in [2.45, 2.75) is 26.2 Å². The van der Waals surface area contributed by atoms with Gasteiger partial charge in [-0.1, -0.05) is 48.5 Å². The summed E-state index contributed by atoms with van der Waals surface area (Å²) in [5.74, 6) is 0.361. The van der Waals surface area contributed by atoms with Gasteiger partial charge in [0.1, 0.15) is 12.4 Å². The topological polar surface area (TPSA) is 75.5 Å². The Hall–Kier alpha value is -3.41. The van der Waals surface area contributed by atoms with E-state index in [2.05, 4.69) is 22.1 Å². The molecule has 0 spiro atoms. The van der Waals surface area contributed by atoms with Crippen LogP contribution in [0.1, 0.15) is 33.6 Å². The van der Waals surface area contributed by atoms with Crippen LogP contribution in [0.15, 0.2) is 60.8 Å². The van der Waals surface area contributed by atoms with Crippen LogP contribution in [0.5, 0.6) is 5.75 Å². The molecule has 0 aliphatic carbocycles. The number of para-hydroxylation sites is 1. The van der Waals surface area contributed by atoms with Gasteiger partial charge in [-0.2, -0.15) is 0 Å². The second-order valence-electron chi connectivity index (χ2n) is 7.21. The zero-order valence-electron chi connectivity index (χ0n) is 17.4. The fraction of sp³-hybridized carbons (Fsp3) is 0.292. The molecule has 3 rings (SSSR count). The summed E-state index contributed by atoms with van der Waals surface area (Å²) in [5.41, 5.74) is 3.04. The lowest BCUT2D eigenvalue weighted by molar-refractivity contribution is 0.0694. The highest BCUT2D eigenvalue weighted by molar-refractivity contribution is 5.88. The summed E-state index contributed by atoms with van der Waals surface area (Å²) in [7, 11) is 1.88. The molecule has 30 heavy (non-hydrogen) atoms. The Balaban J connectivity index is 1.62. The Labute approximate surface area is 177 Å². The van der Waals surface area contributed by atoms with Gasteiger partial charge in [0.2, 0.25) is 5.95 Å². The number of rotatable bonds is 10. The van der Waals surface area contributed by atoms with Crippen molar-refractivity contribution in [2.75, 3.05) is 25.1 Å². The van der Waals surface area contributed by atoms with E-state index in [-0.39, 0.29) is 5.56 Å². The number of carbonyl (C=O) groups is 1. The minimum Gasteiger partial charge on any atom is -0.491 e. The molecule has 1 heterocycles. The summed E-state index contributed by atoms with van der Waals surface area (Å²) in [6.45, 7) is 3.08. The average Bonchev–Trinajstić information content (AvgIpc) is 2.75. The predicted octanol–water partition coefficient (Wildman–Crippen LogP) is 4.17. The fourth-order valence-electron chi connectivity index (χ4n) is 3.18. The minimum absolute atomic E-state index is 0.163. The molecule has 0 saturated carbocycles. The summed E-state index contributed by atoms with van der Waals surface area (Å²) in [6, 6.07) is 18.0. The van der Waals surface area contributed by atoms with Gasteiger partial charge in [-0.05, 0) is 43.4 Å². The van der Waals surface area contributed by atoms with Crippen LogP contribution in [-0.2, 0) is 12.8 Å². The van der Waals surface area contributed by atoms with E-state index < -0.39 is 5.97 Å². The van der Waals surface area contributed by atoms with Gasteiger partial charge in [-0.15, -0.1) is 0 Å². The molecule has 0 radical (unpaired) electrons. The Kier molecular flexibility index (Phi) is 7.38. The number of benzene rings is 2. The van der Waals surface area contributed by atoms with Gasteiger partial charge in [-0.25, -0.2) is 14.8 Å². The summed E-state index contributed by atoms with van der Waals surface area (Å²) >= 11 is 0. The molecular weight excluding hydrogens is 378 g/mol. The molecule has 1 N–H and O–H groups in total. The number of carboxylic acid groups (broad SMARTS) is 1. The lowest BCUT2D eigenvalue weighted by Gasteiger charge is -2.19. The Morgan fingerprint density at radius 3 is 2.53 bits per heavy atom. The number of aryl methyl sites for hydroxylation is 3. The lowest BCUT2D eigenvalue weighted by Crippen LogP contribution is -2.26. The molecule has 0 amide bonds. The Morgan fingerprint density at radius 2 is 1.80 bits per heavy atom. The van der Waals surface area contributed by atoms with E-state index >= 15 is 0 Å². The zero-order valence-corrected chi connectivity index (χ0v) is 17.4. The van der Waals surface area contributed by atoms with Crippen LogP contribution >= 0.6 is 0 Å². The minimum atomic E-state index is -0.998. The molecule has 0 fully saturated rings. The van der Waals surface area contributed by atoms with E-state index in [0.717, 1.165) is 24.2 Å². The molecule has 6 nitrogen and oxygen atoms in total. The molecule has 0 unspecified atom stereocenters. The first-order valence-electron chi connectivity index (χ1n) is 10.1. The number of aromatic carboxylic acids is 1. The van der Waals surface area contributed by atoms with E-state index in [9.17, 15) is 9.90 Å². The Morgan fingerprint density at radius 1 is 1.07 bits per heavy atom. The van der Waals surface area contributed by atoms with Gasteiger partial charge in [-0.3, -0.25) is 0 Å². The number of ether oxygens (including phenoxy) is 1.